The van der Waals surface area contributed by atoms with E-state index in [9.17, 15) is 0 Å². The smallest absolute Gasteiger partial charge is 0.185 e. The highest BCUT2D eigenvalue weighted by Crippen LogP contribution is 2.23. The van der Waals surface area contributed by atoms with E-state index in [4.69, 9.17) is 4.98 Å². The van der Waals surface area contributed by atoms with Gasteiger partial charge in [-0.1, -0.05) is 6.92 Å². The third-order valence-corrected chi connectivity index (χ3v) is 4.97. The van der Waals surface area contributed by atoms with Crippen molar-refractivity contribution in [2.75, 3.05) is 45.2 Å². The van der Waals surface area contributed by atoms with Crippen molar-refractivity contribution in [2.24, 2.45) is 5.92 Å². The van der Waals surface area contributed by atoms with Gasteiger partial charge >= 0.3 is 0 Å². The highest BCUT2D eigenvalue weighted by atomic mass is 32.1. The molecular weight excluding hydrogens is 268 g/mol. The summed E-state index contributed by atoms with van der Waals surface area (Å²) in [6, 6.07) is 0. The van der Waals surface area contributed by atoms with Crippen molar-refractivity contribution < 1.29 is 0 Å². The van der Waals surface area contributed by atoms with Crippen LogP contribution in [-0.2, 0) is 6.54 Å². The Labute approximate surface area is 127 Å². The van der Waals surface area contributed by atoms with Crippen molar-refractivity contribution in [2.45, 2.75) is 32.7 Å². The molecule has 114 valence electrons. The Bertz CT molecular complexity index is 385. The molecule has 20 heavy (non-hydrogen) atoms. The number of nitrogens with one attached hydrogen (secondary N) is 1. The summed E-state index contributed by atoms with van der Waals surface area (Å²) < 4.78 is 0. The van der Waals surface area contributed by atoms with E-state index in [0.717, 1.165) is 30.7 Å². The lowest BCUT2D eigenvalue weighted by atomic mass is 9.97. The average Bonchev–Trinajstić information content (AvgIpc) is 2.91. The number of nitrogens with zero attached hydrogens (tertiary/aromatic N) is 3. The molecule has 0 atom stereocenters. The number of thiazole rings is 1. The summed E-state index contributed by atoms with van der Waals surface area (Å²) in [7, 11) is 4.40. The summed E-state index contributed by atoms with van der Waals surface area (Å²) in [4.78, 5) is 9.50. The van der Waals surface area contributed by atoms with Crippen molar-refractivity contribution in [3.05, 3.63) is 11.1 Å². The SMILES string of the molecule is CCCNCc1csc(N(C)CC2CCN(C)CC2)n1. The second-order valence-electron chi connectivity index (χ2n) is 5.93. The first kappa shape index (κ1) is 15.7. The molecule has 1 N–H and O–H groups in total. The van der Waals surface area contributed by atoms with Crippen LogP contribution in [0.5, 0.6) is 0 Å². The number of aromatic nitrogens is 1. The lowest BCUT2D eigenvalue weighted by Crippen LogP contribution is -2.35. The molecule has 2 heterocycles. The summed E-state index contributed by atoms with van der Waals surface area (Å²) in [5.74, 6) is 0.821. The Morgan fingerprint density at radius 1 is 1.45 bits per heavy atom. The van der Waals surface area contributed by atoms with Crippen LogP contribution in [0.1, 0.15) is 31.9 Å². The van der Waals surface area contributed by atoms with Crippen LogP contribution in [0.3, 0.4) is 0 Å². The van der Waals surface area contributed by atoms with Gasteiger partial charge in [-0.25, -0.2) is 4.98 Å². The normalized spacial score (nSPS) is 17.6. The maximum atomic E-state index is 4.73. The van der Waals surface area contributed by atoms with Crippen molar-refractivity contribution in [3.8, 4) is 0 Å². The predicted molar refractivity (Wildman–Crippen MR) is 87.6 cm³/mol. The van der Waals surface area contributed by atoms with Crippen LogP contribution in [0.2, 0.25) is 0 Å². The zero-order valence-electron chi connectivity index (χ0n) is 13.1. The largest absolute Gasteiger partial charge is 0.351 e. The molecule has 1 saturated heterocycles. The first-order valence-electron chi connectivity index (χ1n) is 7.73. The highest BCUT2D eigenvalue weighted by molar-refractivity contribution is 7.13. The van der Waals surface area contributed by atoms with Crippen molar-refractivity contribution in [3.63, 3.8) is 0 Å². The number of piperidine rings is 1. The van der Waals surface area contributed by atoms with E-state index in [1.807, 2.05) is 0 Å². The molecule has 0 aliphatic carbocycles. The van der Waals surface area contributed by atoms with Gasteiger partial charge in [0.25, 0.3) is 0 Å². The number of anilines is 1. The molecule has 0 radical (unpaired) electrons. The van der Waals surface area contributed by atoms with E-state index >= 15 is 0 Å². The van der Waals surface area contributed by atoms with Crippen LogP contribution in [0.25, 0.3) is 0 Å². The summed E-state index contributed by atoms with van der Waals surface area (Å²) in [5, 5.41) is 6.76. The van der Waals surface area contributed by atoms with E-state index in [1.54, 1.807) is 11.3 Å². The zero-order valence-corrected chi connectivity index (χ0v) is 13.9. The minimum Gasteiger partial charge on any atom is -0.351 e. The fourth-order valence-electron chi connectivity index (χ4n) is 2.66. The van der Waals surface area contributed by atoms with Crippen LogP contribution >= 0.6 is 11.3 Å². The number of rotatable bonds is 7. The molecule has 1 aliphatic rings. The minimum absolute atomic E-state index is 0.821. The molecule has 4 nitrogen and oxygen atoms in total. The van der Waals surface area contributed by atoms with Crippen LogP contribution in [0.15, 0.2) is 5.38 Å². The van der Waals surface area contributed by atoms with Crippen LogP contribution in [0.4, 0.5) is 5.13 Å². The number of hydrogen-bond acceptors (Lipinski definition) is 5. The third-order valence-electron chi connectivity index (χ3n) is 3.97. The Balaban J connectivity index is 1.78. The standard InChI is InChI=1S/C15H28N4S/c1-4-7-16-10-14-12-20-15(17-14)19(3)11-13-5-8-18(2)9-6-13/h12-13,16H,4-11H2,1-3H3. The van der Waals surface area contributed by atoms with Gasteiger partial charge in [-0.15, -0.1) is 11.3 Å². The van der Waals surface area contributed by atoms with Crippen LogP contribution < -0.4 is 10.2 Å². The predicted octanol–water partition coefficient (Wildman–Crippen LogP) is 2.42. The number of likely N-dealkylation sites (tertiary alicyclic amines) is 1. The average molecular weight is 296 g/mol. The molecule has 1 aromatic heterocycles. The molecular formula is C15H28N4S. The van der Waals surface area contributed by atoms with Crippen LogP contribution in [0, 0.1) is 5.92 Å². The lowest BCUT2D eigenvalue weighted by molar-refractivity contribution is 0.222. The molecule has 0 amide bonds. The molecule has 0 bridgehead atoms. The first-order chi connectivity index (χ1) is 9.69. The zero-order chi connectivity index (χ0) is 14.4. The van der Waals surface area contributed by atoms with E-state index in [-0.39, 0.29) is 0 Å². The van der Waals surface area contributed by atoms with Crippen molar-refractivity contribution in [1.82, 2.24) is 15.2 Å². The summed E-state index contributed by atoms with van der Waals surface area (Å²) >= 11 is 1.77. The maximum Gasteiger partial charge on any atom is 0.185 e. The summed E-state index contributed by atoms with van der Waals surface area (Å²) in [6.07, 6.45) is 3.81. The fourth-order valence-corrected chi connectivity index (χ4v) is 3.46. The highest BCUT2D eigenvalue weighted by Gasteiger charge is 2.19. The van der Waals surface area contributed by atoms with Gasteiger partial charge in [-0.3, -0.25) is 0 Å². The molecule has 1 fully saturated rings. The van der Waals surface area contributed by atoms with Crippen LogP contribution in [-0.4, -0.2) is 50.2 Å². The molecule has 0 saturated carbocycles. The Morgan fingerprint density at radius 2 is 2.20 bits per heavy atom. The molecule has 0 unspecified atom stereocenters. The molecule has 0 spiro atoms. The second-order valence-corrected chi connectivity index (χ2v) is 6.76. The Morgan fingerprint density at radius 3 is 2.90 bits per heavy atom. The van der Waals surface area contributed by atoms with E-state index in [2.05, 4.69) is 41.5 Å². The molecule has 5 heteroatoms. The van der Waals surface area contributed by atoms with E-state index in [1.165, 1.54) is 38.0 Å². The molecule has 2 rings (SSSR count). The van der Waals surface area contributed by atoms with Gasteiger partial charge in [0, 0.05) is 25.5 Å². The van der Waals surface area contributed by atoms with Gasteiger partial charge in [-0.2, -0.15) is 0 Å². The Hall–Kier alpha value is -0.650. The van der Waals surface area contributed by atoms with Gasteiger partial charge in [0.05, 0.1) is 5.69 Å². The quantitative estimate of drug-likeness (QED) is 0.783. The summed E-state index contributed by atoms with van der Waals surface area (Å²) in [5.41, 5.74) is 1.17. The Kier molecular flexibility index (Phi) is 6.26. The lowest BCUT2D eigenvalue weighted by Gasteiger charge is -2.31. The van der Waals surface area contributed by atoms with Gasteiger partial charge in [-0.05, 0) is 51.9 Å². The third kappa shape index (κ3) is 4.72. The second kappa shape index (κ2) is 7.96. The maximum absolute atomic E-state index is 4.73. The topological polar surface area (TPSA) is 31.4 Å². The fraction of sp³-hybridized carbons (Fsp3) is 0.800. The van der Waals surface area contributed by atoms with Crippen molar-refractivity contribution >= 4 is 16.5 Å². The minimum atomic E-state index is 0.821. The molecule has 1 aliphatic heterocycles. The summed E-state index contributed by atoms with van der Waals surface area (Å²) in [6.45, 7) is 7.77. The van der Waals surface area contributed by atoms with E-state index in [0.29, 0.717) is 0 Å². The van der Waals surface area contributed by atoms with Crippen molar-refractivity contribution in [1.29, 1.82) is 0 Å². The number of hydrogen-bond donors (Lipinski definition) is 1. The first-order valence-corrected chi connectivity index (χ1v) is 8.61. The van der Waals surface area contributed by atoms with Gasteiger partial charge < -0.3 is 15.1 Å². The van der Waals surface area contributed by atoms with Gasteiger partial charge in [0.2, 0.25) is 0 Å². The van der Waals surface area contributed by atoms with E-state index < -0.39 is 0 Å². The van der Waals surface area contributed by atoms with Gasteiger partial charge in [0.15, 0.2) is 5.13 Å². The molecule has 0 aromatic carbocycles. The monoisotopic (exact) mass is 296 g/mol. The molecule has 1 aromatic rings. The van der Waals surface area contributed by atoms with Gasteiger partial charge in [0.1, 0.15) is 0 Å².